The normalized spacial score (nSPS) is 10.8. The van der Waals surface area contributed by atoms with Crippen LogP contribution < -0.4 is 10.1 Å². The minimum Gasteiger partial charge on any atom is -0.438 e. The lowest BCUT2D eigenvalue weighted by Crippen LogP contribution is -2.25. The smallest absolute Gasteiger partial charge is 0.226 e. The van der Waals surface area contributed by atoms with Crippen LogP contribution in [-0.2, 0) is 17.8 Å². The number of benzene rings is 2. The molecular weight excluding hydrogens is 352 g/mol. The Hall–Kier alpha value is -3.67. The van der Waals surface area contributed by atoms with Crippen LogP contribution in [0.1, 0.15) is 16.8 Å². The lowest BCUT2D eigenvalue weighted by atomic mass is 10.1. The fourth-order valence-corrected chi connectivity index (χ4v) is 2.99. The number of hydrogen-bond donors (Lipinski definition) is 2. The fraction of sp³-hybridized carbons (Fsp3) is 0.136. The number of hydrogen-bond acceptors (Lipinski definition) is 4. The lowest BCUT2D eigenvalue weighted by molar-refractivity contribution is -0.120. The molecule has 6 heteroatoms. The van der Waals surface area contributed by atoms with E-state index in [1.54, 1.807) is 6.20 Å². The average molecular weight is 372 g/mol. The van der Waals surface area contributed by atoms with Crippen molar-refractivity contribution in [3.63, 3.8) is 0 Å². The molecule has 28 heavy (non-hydrogen) atoms. The largest absolute Gasteiger partial charge is 0.438 e. The minimum atomic E-state index is -0.0971. The van der Waals surface area contributed by atoms with Gasteiger partial charge in [-0.05, 0) is 30.7 Å². The van der Waals surface area contributed by atoms with Crippen molar-refractivity contribution in [1.29, 1.82) is 0 Å². The third-order valence-electron chi connectivity index (χ3n) is 4.50. The highest BCUT2D eigenvalue weighted by molar-refractivity contribution is 5.87. The van der Waals surface area contributed by atoms with Crippen molar-refractivity contribution in [3.8, 4) is 11.6 Å². The Morgan fingerprint density at radius 1 is 1.07 bits per heavy atom. The van der Waals surface area contributed by atoms with Gasteiger partial charge >= 0.3 is 0 Å². The Labute approximate surface area is 162 Å². The van der Waals surface area contributed by atoms with E-state index < -0.39 is 0 Å². The van der Waals surface area contributed by atoms with Crippen molar-refractivity contribution in [1.82, 2.24) is 20.5 Å². The summed E-state index contributed by atoms with van der Waals surface area (Å²) in [6.07, 6.45) is 1.91. The van der Waals surface area contributed by atoms with Crippen LogP contribution >= 0.6 is 0 Å². The van der Waals surface area contributed by atoms with E-state index in [0.29, 0.717) is 12.4 Å². The fourth-order valence-electron chi connectivity index (χ4n) is 2.99. The Morgan fingerprint density at radius 2 is 1.89 bits per heavy atom. The summed E-state index contributed by atoms with van der Waals surface area (Å²) in [5.74, 6) is 1.14. The minimum absolute atomic E-state index is 0.0971. The molecule has 0 unspecified atom stereocenters. The maximum Gasteiger partial charge on any atom is 0.226 e. The predicted octanol–water partition coefficient (Wildman–Crippen LogP) is 3.92. The van der Waals surface area contributed by atoms with Gasteiger partial charge in [-0.1, -0.05) is 42.5 Å². The molecule has 0 fully saturated rings. The maximum absolute atomic E-state index is 12.4. The van der Waals surface area contributed by atoms with Crippen molar-refractivity contribution in [2.45, 2.75) is 19.9 Å². The molecule has 1 amide bonds. The zero-order chi connectivity index (χ0) is 19.3. The molecule has 2 aromatic heterocycles. The third-order valence-corrected chi connectivity index (χ3v) is 4.50. The molecule has 0 aliphatic carbocycles. The van der Waals surface area contributed by atoms with Crippen molar-refractivity contribution in [3.05, 3.63) is 83.7 Å². The molecule has 2 N–H and O–H groups in total. The van der Waals surface area contributed by atoms with Gasteiger partial charge in [0.2, 0.25) is 11.8 Å². The second-order valence-corrected chi connectivity index (χ2v) is 6.51. The topological polar surface area (TPSA) is 79.9 Å². The summed E-state index contributed by atoms with van der Waals surface area (Å²) in [4.78, 5) is 16.8. The summed E-state index contributed by atoms with van der Waals surface area (Å²) in [7, 11) is 0. The highest BCUT2D eigenvalue weighted by Crippen LogP contribution is 2.25. The molecule has 0 aliphatic heterocycles. The highest BCUT2D eigenvalue weighted by Gasteiger charge is 2.12. The molecule has 0 spiro atoms. The molecular formula is C22H20N4O2. The van der Waals surface area contributed by atoms with E-state index in [1.807, 2.05) is 67.6 Å². The van der Waals surface area contributed by atoms with Gasteiger partial charge in [-0.25, -0.2) is 4.98 Å². The van der Waals surface area contributed by atoms with Gasteiger partial charge in [0.05, 0.1) is 17.6 Å². The standard InChI is InChI=1S/C22H20N4O2/c1-15-7-2-5-11-20(15)28-22-16(8-6-12-23-22)14-24-21(27)13-19-17-9-3-4-10-18(17)25-26-19/h2-12H,13-14H2,1H3,(H,24,27)(H,25,26). The lowest BCUT2D eigenvalue weighted by Gasteiger charge is -2.12. The van der Waals surface area contributed by atoms with Gasteiger partial charge in [0, 0.05) is 23.7 Å². The number of carbonyl (C=O) groups is 1. The highest BCUT2D eigenvalue weighted by atomic mass is 16.5. The first-order valence-electron chi connectivity index (χ1n) is 9.07. The molecule has 0 radical (unpaired) electrons. The average Bonchev–Trinajstić information content (AvgIpc) is 3.12. The number of rotatable bonds is 6. The van der Waals surface area contributed by atoms with Crippen LogP contribution in [0.2, 0.25) is 0 Å². The Kier molecular flexibility index (Phi) is 5.01. The van der Waals surface area contributed by atoms with Gasteiger partial charge in [0.1, 0.15) is 5.75 Å². The Morgan fingerprint density at radius 3 is 2.79 bits per heavy atom. The summed E-state index contributed by atoms with van der Waals surface area (Å²) in [6.45, 7) is 2.31. The van der Waals surface area contributed by atoms with Crippen molar-refractivity contribution >= 4 is 16.8 Å². The van der Waals surface area contributed by atoms with E-state index in [0.717, 1.165) is 33.5 Å². The maximum atomic E-state index is 12.4. The van der Waals surface area contributed by atoms with E-state index in [1.165, 1.54) is 0 Å². The molecule has 4 rings (SSSR count). The summed E-state index contributed by atoms with van der Waals surface area (Å²) in [5.41, 5.74) is 3.49. The number of ether oxygens (including phenoxy) is 1. The first-order chi connectivity index (χ1) is 13.7. The number of amides is 1. The van der Waals surface area contributed by atoms with Gasteiger partial charge in [-0.3, -0.25) is 9.89 Å². The third kappa shape index (κ3) is 3.86. The molecule has 2 heterocycles. The summed E-state index contributed by atoms with van der Waals surface area (Å²) < 4.78 is 5.96. The van der Waals surface area contributed by atoms with Gasteiger partial charge in [-0.15, -0.1) is 0 Å². The summed E-state index contributed by atoms with van der Waals surface area (Å²) in [6, 6.07) is 19.2. The van der Waals surface area contributed by atoms with E-state index >= 15 is 0 Å². The van der Waals surface area contributed by atoms with Crippen molar-refractivity contribution < 1.29 is 9.53 Å². The molecule has 0 atom stereocenters. The number of pyridine rings is 1. The summed E-state index contributed by atoms with van der Waals surface area (Å²) in [5, 5.41) is 11.1. The first kappa shape index (κ1) is 17.7. The zero-order valence-corrected chi connectivity index (χ0v) is 15.5. The number of nitrogens with zero attached hydrogens (tertiary/aromatic N) is 2. The number of aromatic nitrogens is 3. The molecule has 0 saturated carbocycles. The second-order valence-electron chi connectivity index (χ2n) is 6.51. The quantitative estimate of drug-likeness (QED) is 0.538. The first-order valence-corrected chi connectivity index (χ1v) is 9.07. The van der Waals surface area contributed by atoms with E-state index in [-0.39, 0.29) is 12.3 Å². The number of aromatic amines is 1. The number of para-hydroxylation sites is 2. The van der Waals surface area contributed by atoms with Crippen LogP contribution in [0.5, 0.6) is 11.6 Å². The van der Waals surface area contributed by atoms with Crippen LogP contribution in [0.3, 0.4) is 0 Å². The van der Waals surface area contributed by atoms with Gasteiger partial charge < -0.3 is 10.1 Å². The number of H-pyrrole nitrogens is 1. The zero-order valence-electron chi connectivity index (χ0n) is 15.5. The monoisotopic (exact) mass is 372 g/mol. The summed E-state index contributed by atoms with van der Waals surface area (Å²) >= 11 is 0. The van der Waals surface area contributed by atoms with E-state index in [9.17, 15) is 4.79 Å². The molecule has 2 aromatic carbocycles. The van der Waals surface area contributed by atoms with Crippen LogP contribution in [0.4, 0.5) is 0 Å². The molecule has 0 aliphatic rings. The van der Waals surface area contributed by atoms with Crippen molar-refractivity contribution in [2.75, 3.05) is 0 Å². The van der Waals surface area contributed by atoms with E-state index in [2.05, 4.69) is 20.5 Å². The van der Waals surface area contributed by atoms with E-state index in [4.69, 9.17) is 4.74 Å². The van der Waals surface area contributed by atoms with Crippen LogP contribution in [0.15, 0.2) is 66.9 Å². The number of carbonyl (C=O) groups excluding carboxylic acids is 1. The Bertz CT molecular complexity index is 1120. The number of nitrogens with one attached hydrogen (secondary N) is 2. The SMILES string of the molecule is Cc1ccccc1Oc1ncccc1CNC(=O)Cc1[nH]nc2ccccc12. The Balaban J connectivity index is 1.43. The molecule has 6 nitrogen and oxygen atoms in total. The predicted molar refractivity (Wildman–Crippen MR) is 107 cm³/mol. The molecule has 4 aromatic rings. The molecule has 0 bridgehead atoms. The van der Waals surface area contributed by atoms with Gasteiger partial charge in [0.25, 0.3) is 0 Å². The van der Waals surface area contributed by atoms with Crippen LogP contribution in [0.25, 0.3) is 10.9 Å². The van der Waals surface area contributed by atoms with Gasteiger partial charge in [-0.2, -0.15) is 5.10 Å². The van der Waals surface area contributed by atoms with Crippen molar-refractivity contribution in [2.24, 2.45) is 0 Å². The van der Waals surface area contributed by atoms with Crippen LogP contribution in [-0.4, -0.2) is 21.1 Å². The number of aryl methyl sites for hydroxylation is 1. The second kappa shape index (κ2) is 7.92. The molecule has 0 saturated heterocycles. The van der Waals surface area contributed by atoms with Crippen LogP contribution in [0, 0.1) is 6.92 Å². The number of fused-ring (bicyclic) bond motifs is 1. The van der Waals surface area contributed by atoms with Gasteiger partial charge in [0.15, 0.2) is 0 Å². The molecule has 140 valence electrons.